The fraction of sp³-hybridized carbons (Fsp3) is 0.167. The van der Waals surface area contributed by atoms with Crippen molar-refractivity contribution < 1.29 is 9.53 Å². The second kappa shape index (κ2) is 4.79. The smallest absolute Gasteiger partial charge is 0.271 e. The maximum absolute atomic E-state index is 11.0. The molecule has 0 fully saturated rings. The predicted octanol–water partition coefficient (Wildman–Crippen LogP) is 0.621. The van der Waals surface area contributed by atoms with Gasteiger partial charge in [-0.2, -0.15) is 5.10 Å². The number of aromatic nitrogens is 2. The molecule has 0 radical (unpaired) electrons. The van der Waals surface area contributed by atoms with E-state index in [9.17, 15) is 4.79 Å². The Kier molecular flexibility index (Phi) is 3.18. The van der Waals surface area contributed by atoms with Gasteiger partial charge in [0.05, 0.1) is 19.3 Å². The molecular weight excluding hydrogens is 232 g/mol. The van der Waals surface area contributed by atoms with Crippen LogP contribution in [0.5, 0.6) is 5.75 Å². The number of amides is 1. The molecule has 18 heavy (non-hydrogen) atoms. The molecule has 4 N–H and O–H groups in total. The van der Waals surface area contributed by atoms with Gasteiger partial charge in [-0.3, -0.25) is 9.48 Å². The maximum atomic E-state index is 11.0. The first-order chi connectivity index (χ1) is 8.60. The van der Waals surface area contributed by atoms with Crippen molar-refractivity contribution in [2.24, 2.45) is 5.73 Å². The monoisotopic (exact) mass is 246 g/mol. The lowest BCUT2D eigenvalue weighted by molar-refractivity contribution is 0.0995. The minimum Gasteiger partial charge on any atom is -0.497 e. The van der Waals surface area contributed by atoms with Crippen LogP contribution >= 0.6 is 0 Å². The molecule has 1 aromatic carbocycles. The Morgan fingerprint density at radius 3 is 2.89 bits per heavy atom. The predicted molar refractivity (Wildman–Crippen MR) is 67.3 cm³/mol. The molecule has 0 bridgehead atoms. The number of benzene rings is 1. The normalized spacial score (nSPS) is 10.3. The Morgan fingerprint density at radius 2 is 2.28 bits per heavy atom. The van der Waals surface area contributed by atoms with Crippen LogP contribution in [0.4, 0.5) is 5.69 Å². The third-order valence-corrected chi connectivity index (χ3v) is 2.50. The number of methoxy groups -OCH3 is 1. The van der Waals surface area contributed by atoms with E-state index in [2.05, 4.69) is 5.10 Å². The van der Waals surface area contributed by atoms with Crippen LogP contribution in [-0.4, -0.2) is 22.8 Å². The van der Waals surface area contributed by atoms with Crippen molar-refractivity contribution in [3.8, 4) is 5.75 Å². The van der Waals surface area contributed by atoms with Gasteiger partial charge in [0, 0.05) is 6.20 Å². The van der Waals surface area contributed by atoms with Gasteiger partial charge < -0.3 is 16.2 Å². The lowest BCUT2D eigenvalue weighted by Gasteiger charge is -2.04. The molecule has 0 aliphatic heterocycles. The largest absolute Gasteiger partial charge is 0.497 e. The van der Waals surface area contributed by atoms with Gasteiger partial charge >= 0.3 is 0 Å². The van der Waals surface area contributed by atoms with Crippen LogP contribution in [0, 0.1) is 0 Å². The second-order valence-corrected chi connectivity index (χ2v) is 3.85. The standard InChI is InChI=1S/C12H14N4O2/c1-18-9-4-2-3-8(5-9)6-16-7-10(13)11(15-16)12(14)17/h2-5,7H,6,13H2,1H3,(H2,14,17). The molecule has 0 aliphatic carbocycles. The highest BCUT2D eigenvalue weighted by Gasteiger charge is 2.11. The van der Waals surface area contributed by atoms with Crippen molar-refractivity contribution in [3.05, 3.63) is 41.7 Å². The topological polar surface area (TPSA) is 96.2 Å². The van der Waals surface area contributed by atoms with Gasteiger partial charge in [0.15, 0.2) is 5.69 Å². The quantitative estimate of drug-likeness (QED) is 0.826. The fourth-order valence-electron chi connectivity index (χ4n) is 1.67. The van der Waals surface area contributed by atoms with Gasteiger partial charge in [-0.15, -0.1) is 0 Å². The first-order valence-corrected chi connectivity index (χ1v) is 5.36. The summed E-state index contributed by atoms with van der Waals surface area (Å²) in [6.45, 7) is 0.495. The first kappa shape index (κ1) is 12.0. The highest BCUT2D eigenvalue weighted by atomic mass is 16.5. The van der Waals surface area contributed by atoms with Gasteiger partial charge in [0.2, 0.25) is 0 Å². The minimum absolute atomic E-state index is 0.0953. The van der Waals surface area contributed by atoms with E-state index in [0.29, 0.717) is 6.54 Å². The molecule has 0 saturated carbocycles. The molecule has 0 atom stereocenters. The van der Waals surface area contributed by atoms with E-state index in [1.807, 2.05) is 24.3 Å². The summed E-state index contributed by atoms with van der Waals surface area (Å²) in [7, 11) is 1.61. The second-order valence-electron chi connectivity index (χ2n) is 3.85. The van der Waals surface area contributed by atoms with Crippen LogP contribution in [0.3, 0.4) is 0 Å². The number of primary amides is 1. The minimum atomic E-state index is -0.628. The molecule has 2 aromatic rings. The summed E-state index contributed by atoms with van der Waals surface area (Å²) in [5.41, 5.74) is 12.2. The zero-order valence-corrected chi connectivity index (χ0v) is 9.96. The van der Waals surface area contributed by atoms with E-state index in [1.165, 1.54) is 0 Å². The molecule has 2 rings (SSSR count). The number of hydrogen-bond acceptors (Lipinski definition) is 4. The molecule has 0 aliphatic rings. The van der Waals surface area contributed by atoms with E-state index >= 15 is 0 Å². The molecule has 0 unspecified atom stereocenters. The summed E-state index contributed by atoms with van der Waals surface area (Å²) >= 11 is 0. The van der Waals surface area contributed by atoms with Crippen LogP contribution < -0.4 is 16.2 Å². The number of ether oxygens (including phenoxy) is 1. The van der Waals surface area contributed by atoms with Crippen LogP contribution in [0.2, 0.25) is 0 Å². The Hall–Kier alpha value is -2.50. The third-order valence-electron chi connectivity index (χ3n) is 2.50. The highest BCUT2D eigenvalue weighted by molar-refractivity contribution is 5.95. The molecule has 1 amide bonds. The number of anilines is 1. The Morgan fingerprint density at radius 1 is 1.50 bits per heavy atom. The number of carbonyl (C=O) groups excluding carboxylic acids is 1. The number of nitrogens with zero attached hydrogens (tertiary/aromatic N) is 2. The number of nitrogen functional groups attached to an aromatic ring is 1. The van der Waals surface area contributed by atoms with Gasteiger partial charge in [-0.05, 0) is 17.7 Å². The third kappa shape index (κ3) is 2.42. The van der Waals surface area contributed by atoms with E-state index in [-0.39, 0.29) is 11.4 Å². The summed E-state index contributed by atoms with van der Waals surface area (Å²) in [6, 6.07) is 7.57. The van der Waals surface area contributed by atoms with Gasteiger partial charge in [0.25, 0.3) is 5.91 Å². The van der Waals surface area contributed by atoms with Gasteiger partial charge in [-0.1, -0.05) is 12.1 Å². The SMILES string of the molecule is COc1cccc(Cn2cc(N)c(C(N)=O)n2)c1. The van der Waals surface area contributed by atoms with Gasteiger partial charge in [-0.25, -0.2) is 0 Å². The highest BCUT2D eigenvalue weighted by Crippen LogP contribution is 2.15. The maximum Gasteiger partial charge on any atom is 0.271 e. The Labute approximate surface area is 104 Å². The average molecular weight is 246 g/mol. The van der Waals surface area contributed by atoms with Crippen molar-refractivity contribution in [1.29, 1.82) is 0 Å². The zero-order valence-electron chi connectivity index (χ0n) is 9.96. The van der Waals surface area contributed by atoms with Gasteiger partial charge in [0.1, 0.15) is 5.75 Å². The number of rotatable bonds is 4. The van der Waals surface area contributed by atoms with E-state index in [4.69, 9.17) is 16.2 Å². The molecule has 1 heterocycles. The van der Waals surface area contributed by atoms with Crippen molar-refractivity contribution in [3.63, 3.8) is 0 Å². The molecule has 6 heteroatoms. The first-order valence-electron chi connectivity index (χ1n) is 5.36. The summed E-state index contributed by atoms with van der Waals surface area (Å²) in [5.74, 6) is 0.139. The van der Waals surface area contributed by atoms with E-state index < -0.39 is 5.91 Å². The van der Waals surface area contributed by atoms with E-state index in [0.717, 1.165) is 11.3 Å². The number of carbonyl (C=O) groups is 1. The summed E-state index contributed by atoms with van der Waals surface area (Å²) in [6.07, 6.45) is 1.58. The van der Waals surface area contributed by atoms with Crippen molar-refractivity contribution in [2.45, 2.75) is 6.54 Å². The Bertz CT molecular complexity index is 577. The fourth-order valence-corrected chi connectivity index (χ4v) is 1.67. The lowest BCUT2D eigenvalue weighted by Crippen LogP contribution is -2.14. The van der Waals surface area contributed by atoms with Crippen LogP contribution in [0.15, 0.2) is 30.5 Å². The molecular formula is C12H14N4O2. The van der Waals surface area contributed by atoms with Crippen LogP contribution in [0.25, 0.3) is 0 Å². The van der Waals surface area contributed by atoms with Crippen molar-refractivity contribution in [2.75, 3.05) is 12.8 Å². The summed E-state index contributed by atoms with van der Waals surface area (Å²) < 4.78 is 6.70. The summed E-state index contributed by atoms with van der Waals surface area (Å²) in [5, 5.41) is 4.04. The Balaban J connectivity index is 2.23. The molecule has 0 spiro atoms. The molecule has 6 nitrogen and oxygen atoms in total. The molecule has 1 aromatic heterocycles. The number of nitrogens with two attached hydrogens (primary N) is 2. The van der Waals surface area contributed by atoms with Crippen LogP contribution in [-0.2, 0) is 6.54 Å². The zero-order chi connectivity index (χ0) is 13.1. The number of hydrogen-bond donors (Lipinski definition) is 2. The summed E-state index contributed by atoms with van der Waals surface area (Å²) in [4.78, 5) is 11.0. The molecule has 94 valence electrons. The molecule has 0 saturated heterocycles. The average Bonchev–Trinajstić information content (AvgIpc) is 2.70. The lowest BCUT2D eigenvalue weighted by atomic mass is 10.2. The van der Waals surface area contributed by atoms with Crippen molar-refractivity contribution in [1.82, 2.24) is 9.78 Å². The van der Waals surface area contributed by atoms with Crippen LogP contribution in [0.1, 0.15) is 16.1 Å². The van der Waals surface area contributed by atoms with E-state index in [1.54, 1.807) is 18.0 Å². The van der Waals surface area contributed by atoms with Crippen molar-refractivity contribution >= 4 is 11.6 Å².